The van der Waals surface area contributed by atoms with E-state index >= 15 is 0 Å². The van der Waals surface area contributed by atoms with Crippen molar-refractivity contribution in [3.63, 3.8) is 0 Å². The number of phenols is 1. The summed E-state index contributed by atoms with van der Waals surface area (Å²) in [4.78, 5) is 20.0. The van der Waals surface area contributed by atoms with Crippen molar-refractivity contribution in [1.82, 2.24) is 0 Å². The molecule has 0 heterocycles. The number of hydrogen-bond donors (Lipinski definition) is 2. The number of hydrogen-bond acceptors (Lipinski definition) is 6. The number of nitro benzene ring substituents is 1. The van der Waals surface area contributed by atoms with E-state index in [1.54, 1.807) is 0 Å². The highest BCUT2D eigenvalue weighted by atomic mass is 32.2. The van der Waals surface area contributed by atoms with Crippen LogP contribution in [-0.4, -0.2) is 35.3 Å². The van der Waals surface area contributed by atoms with Crippen molar-refractivity contribution in [3.8, 4) is 5.75 Å². The fraction of sp³-hybridized carbons (Fsp3) is 0.222. The zero-order valence-electron chi connectivity index (χ0n) is 8.94. The number of carboxylic acids is 1. The Hall–Kier alpha value is -2.16. The maximum Gasteiger partial charge on any atom is 0.318 e. The van der Waals surface area contributed by atoms with Crippen molar-refractivity contribution >= 4 is 21.5 Å². The lowest BCUT2D eigenvalue weighted by atomic mass is 10.2. The molecular weight excluding hydrogens is 266 g/mol. The summed E-state index contributed by atoms with van der Waals surface area (Å²) in [5.41, 5.74) is -0.584. The molecule has 0 aliphatic heterocycles. The third-order valence-corrected chi connectivity index (χ3v) is 3.43. The Balaban J connectivity index is 3.03. The van der Waals surface area contributed by atoms with Crippen LogP contribution in [0.15, 0.2) is 18.2 Å². The fourth-order valence-electron chi connectivity index (χ4n) is 1.30. The number of nitrogens with zero attached hydrogens (tertiary/aromatic N) is 1. The maximum atomic E-state index is 11.4. The number of phenolic OH excluding ortho intramolecular Hbond substituents is 1. The van der Waals surface area contributed by atoms with Crippen molar-refractivity contribution in [2.45, 2.75) is 5.75 Å². The minimum Gasteiger partial charge on any atom is -0.502 e. The molecule has 0 fully saturated rings. The van der Waals surface area contributed by atoms with Crippen molar-refractivity contribution < 1.29 is 28.3 Å². The number of sulfone groups is 1. The number of carbonyl (C=O) groups is 1. The van der Waals surface area contributed by atoms with Gasteiger partial charge in [0, 0.05) is 6.07 Å². The van der Waals surface area contributed by atoms with Crippen LogP contribution in [0.25, 0.3) is 0 Å². The van der Waals surface area contributed by atoms with Crippen LogP contribution in [0.1, 0.15) is 5.56 Å². The van der Waals surface area contributed by atoms with Gasteiger partial charge in [-0.15, -0.1) is 0 Å². The first-order chi connectivity index (χ1) is 8.21. The van der Waals surface area contributed by atoms with Crippen molar-refractivity contribution in [1.29, 1.82) is 0 Å². The third kappa shape index (κ3) is 3.70. The van der Waals surface area contributed by atoms with Crippen LogP contribution in [-0.2, 0) is 20.4 Å². The highest BCUT2D eigenvalue weighted by Crippen LogP contribution is 2.27. The van der Waals surface area contributed by atoms with E-state index in [9.17, 15) is 23.3 Å². The molecule has 0 bridgehead atoms. The van der Waals surface area contributed by atoms with Gasteiger partial charge in [-0.05, 0) is 11.6 Å². The Labute approximate surface area is 102 Å². The van der Waals surface area contributed by atoms with Crippen molar-refractivity contribution in [2.24, 2.45) is 0 Å². The van der Waals surface area contributed by atoms with Gasteiger partial charge in [-0.1, -0.05) is 6.07 Å². The largest absolute Gasteiger partial charge is 0.502 e. The van der Waals surface area contributed by atoms with Gasteiger partial charge in [-0.3, -0.25) is 14.9 Å². The second-order valence-electron chi connectivity index (χ2n) is 3.51. The van der Waals surface area contributed by atoms with E-state index in [2.05, 4.69) is 0 Å². The summed E-state index contributed by atoms with van der Waals surface area (Å²) in [6.45, 7) is 0. The van der Waals surface area contributed by atoms with Gasteiger partial charge in [0.05, 0.1) is 10.7 Å². The lowest BCUT2D eigenvalue weighted by molar-refractivity contribution is -0.385. The number of carboxylic acid groups (broad SMARTS) is 1. The van der Waals surface area contributed by atoms with Crippen LogP contribution >= 0.6 is 0 Å². The Morgan fingerprint density at radius 1 is 1.39 bits per heavy atom. The summed E-state index contributed by atoms with van der Waals surface area (Å²) in [6, 6.07) is 3.07. The monoisotopic (exact) mass is 275 g/mol. The number of benzene rings is 1. The summed E-state index contributed by atoms with van der Waals surface area (Å²) in [5, 5.41) is 28.1. The van der Waals surface area contributed by atoms with Crippen LogP contribution in [0.5, 0.6) is 5.75 Å². The first-order valence-electron chi connectivity index (χ1n) is 4.60. The van der Waals surface area contributed by atoms with Crippen LogP contribution in [0.3, 0.4) is 0 Å². The van der Waals surface area contributed by atoms with Gasteiger partial charge in [0.25, 0.3) is 0 Å². The van der Waals surface area contributed by atoms with Gasteiger partial charge in [0.15, 0.2) is 15.6 Å². The van der Waals surface area contributed by atoms with Gasteiger partial charge in [0.1, 0.15) is 5.75 Å². The molecule has 0 unspecified atom stereocenters. The number of nitro groups is 1. The Morgan fingerprint density at radius 3 is 2.50 bits per heavy atom. The van der Waals surface area contributed by atoms with E-state index < -0.39 is 43.7 Å². The predicted octanol–water partition coefficient (Wildman–Crippen LogP) is 0.300. The van der Waals surface area contributed by atoms with Crippen LogP contribution < -0.4 is 0 Å². The van der Waals surface area contributed by atoms with Crippen LogP contribution in [0, 0.1) is 10.1 Å². The van der Waals surface area contributed by atoms with Gasteiger partial charge >= 0.3 is 11.7 Å². The molecule has 1 aromatic carbocycles. The lowest BCUT2D eigenvalue weighted by Crippen LogP contribution is -2.17. The van der Waals surface area contributed by atoms with Crippen LogP contribution in [0.4, 0.5) is 5.69 Å². The lowest BCUT2D eigenvalue weighted by Gasteiger charge is -2.03. The van der Waals surface area contributed by atoms with Gasteiger partial charge in [0.2, 0.25) is 0 Å². The fourth-order valence-corrected chi connectivity index (χ4v) is 2.46. The molecule has 1 rings (SSSR count). The molecule has 0 atom stereocenters. The molecule has 0 saturated carbocycles. The molecule has 98 valence electrons. The van der Waals surface area contributed by atoms with E-state index in [0.29, 0.717) is 0 Å². The Morgan fingerprint density at radius 2 is 2.00 bits per heavy atom. The molecule has 9 heteroatoms. The molecule has 0 aromatic heterocycles. The zero-order chi connectivity index (χ0) is 13.9. The summed E-state index contributed by atoms with van der Waals surface area (Å²) in [5.74, 6) is -3.77. The van der Waals surface area contributed by atoms with E-state index in [-0.39, 0.29) is 5.56 Å². The summed E-state index contributed by atoms with van der Waals surface area (Å²) < 4.78 is 22.7. The van der Waals surface area contributed by atoms with Crippen molar-refractivity contribution in [2.75, 3.05) is 5.75 Å². The quantitative estimate of drug-likeness (QED) is 0.582. The van der Waals surface area contributed by atoms with E-state index in [1.165, 1.54) is 6.07 Å². The molecule has 2 N–H and O–H groups in total. The summed E-state index contributed by atoms with van der Waals surface area (Å²) >= 11 is 0. The molecule has 0 saturated heterocycles. The molecule has 0 spiro atoms. The standard InChI is InChI=1S/C9H9NO7S/c11-8-2-1-6(3-7(8)10(14)15)4-18(16,17)5-9(12)13/h1-3,11H,4-5H2,(H,12,13). The van der Waals surface area contributed by atoms with Gasteiger partial charge in [-0.2, -0.15) is 0 Å². The Kier molecular flexibility index (Phi) is 3.86. The van der Waals surface area contributed by atoms with E-state index in [4.69, 9.17) is 10.2 Å². The molecular formula is C9H9NO7S. The second kappa shape index (κ2) is 5.00. The first kappa shape index (κ1) is 13.9. The average molecular weight is 275 g/mol. The molecule has 0 aliphatic rings. The van der Waals surface area contributed by atoms with Gasteiger partial charge < -0.3 is 10.2 Å². The van der Waals surface area contributed by atoms with Crippen molar-refractivity contribution in [3.05, 3.63) is 33.9 Å². The first-order valence-corrected chi connectivity index (χ1v) is 6.42. The predicted molar refractivity (Wildman–Crippen MR) is 59.9 cm³/mol. The second-order valence-corrected chi connectivity index (χ2v) is 5.57. The minimum absolute atomic E-state index is 0.0424. The minimum atomic E-state index is -3.89. The summed E-state index contributed by atoms with van der Waals surface area (Å²) in [6.07, 6.45) is 0. The highest BCUT2D eigenvalue weighted by Gasteiger charge is 2.20. The SMILES string of the molecule is O=C(O)CS(=O)(=O)Cc1ccc(O)c([N+](=O)[O-])c1. The number of aliphatic carboxylic acids is 1. The average Bonchev–Trinajstić information content (AvgIpc) is 2.18. The molecule has 0 radical (unpaired) electrons. The molecule has 0 aliphatic carbocycles. The maximum absolute atomic E-state index is 11.4. The number of rotatable bonds is 5. The molecule has 8 nitrogen and oxygen atoms in total. The zero-order valence-corrected chi connectivity index (χ0v) is 9.75. The molecule has 18 heavy (non-hydrogen) atoms. The highest BCUT2D eigenvalue weighted by molar-refractivity contribution is 7.91. The normalized spacial score (nSPS) is 11.1. The summed E-state index contributed by atoms with van der Waals surface area (Å²) in [7, 11) is -3.89. The van der Waals surface area contributed by atoms with Crippen LogP contribution in [0.2, 0.25) is 0 Å². The number of aromatic hydroxyl groups is 1. The van der Waals surface area contributed by atoms with Gasteiger partial charge in [-0.25, -0.2) is 8.42 Å². The van der Waals surface area contributed by atoms with E-state index in [1.807, 2.05) is 0 Å². The van der Waals surface area contributed by atoms with E-state index in [0.717, 1.165) is 12.1 Å². The topological polar surface area (TPSA) is 135 Å². The molecule has 1 aromatic rings. The Bertz CT molecular complexity index is 593. The molecule has 0 amide bonds. The third-order valence-electron chi connectivity index (χ3n) is 1.97. The smallest absolute Gasteiger partial charge is 0.318 e.